The number of ether oxygens (including phenoxy) is 2. The molecule has 1 aliphatic rings. The first-order valence-corrected chi connectivity index (χ1v) is 5.37. The van der Waals surface area contributed by atoms with Gasteiger partial charge in [-0.15, -0.1) is 0 Å². The Morgan fingerprint density at radius 2 is 1.81 bits per heavy atom. The first-order chi connectivity index (χ1) is 7.67. The highest BCUT2D eigenvalue weighted by molar-refractivity contribution is 5.52. The van der Waals surface area contributed by atoms with Gasteiger partial charge in [0.25, 0.3) is 0 Å². The van der Waals surface area contributed by atoms with Crippen molar-refractivity contribution >= 4 is 0 Å². The van der Waals surface area contributed by atoms with Gasteiger partial charge in [0.2, 0.25) is 0 Å². The third-order valence-electron chi connectivity index (χ3n) is 3.26. The summed E-state index contributed by atoms with van der Waals surface area (Å²) in [6.07, 6.45) is 2.03. The maximum absolute atomic E-state index is 9.90. The predicted molar refractivity (Wildman–Crippen MR) is 61.2 cm³/mol. The van der Waals surface area contributed by atoms with Gasteiger partial charge < -0.3 is 20.3 Å². The van der Waals surface area contributed by atoms with Crippen molar-refractivity contribution in [2.45, 2.75) is 24.8 Å². The highest BCUT2D eigenvalue weighted by Crippen LogP contribution is 2.44. The van der Waals surface area contributed by atoms with E-state index in [2.05, 4.69) is 0 Å². The molecule has 4 heteroatoms. The second-order valence-electron chi connectivity index (χ2n) is 4.11. The number of hydrogen-bond acceptors (Lipinski definition) is 4. The first kappa shape index (κ1) is 11.1. The van der Waals surface area contributed by atoms with Crippen molar-refractivity contribution in [1.82, 2.24) is 0 Å². The Morgan fingerprint density at radius 3 is 2.25 bits per heavy atom. The zero-order valence-electron chi connectivity index (χ0n) is 9.56. The molecule has 0 radical (unpaired) electrons. The predicted octanol–water partition coefficient (Wildman–Crippen LogP) is 1.61. The molecule has 0 bridgehead atoms. The number of hydrogen-bond donors (Lipinski definition) is 2. The fourth-order valence-corrected chi connectivity index (χ4v) is 2.09. The number of benzene rings is 1. The minimum absolute atomic E-state index is 0.143. The number of rotatable bonds is 3. The molecule has 1 saturated carbocycles. The van der Waals surface area contributed by atoms with Gasteiger partial charge in [0.05, 0.1) is 14.2 Å². The molecule has 0 aromatic heterocycles. The maximum atomic E-state index is 9.90. The van der Waals surface area contributed by atoms with E-state index in [0.29, 0.717) is 11.5 Å². The third kappa shape index (κ3) is 1.69. The van der Waals surface area contributed by atoms with Gasteiger partial charge >= 0.3 is 0 Å². The molecule has 2 atom stereocenters. The molecule has 1 aliphatic carbocycles. The zero-order chi connectivity index (χ0) is 11.7. The summed E-state index contributed by atoms with van der Waals surface area (Å²) in [5.74, 6) is 1.64. The number of aromatic hydroxyl groups is 1. The summed E-state index contributed by atoms with van der Waals surface area (Å²) < 4.78 is 10.3. The number of phenols is 1. The number of methoxy groups -OCH3 is 2. The van der Waals surface area contributed by atoms with Crippen LogP contribution in [0.15, 0.2) is 12.1 Å². The van der Waals surface area contributed by atoms with E-state index in [4.69, 9.17) is 15.2 Å². The van der Waals surface area contributed by atoms with Gasteiger partial charge in [-0.1, -0.05) is 0 Å². The molecular formula is C12H17NO3. The molecule has 3 N–H and O–H groups in total. The smallest absolute Gasteiger partial charge is 0.164 e. The first-order valence-electron chi connectivity index (χ1n) is 5.37. The second kappa shape index (κ2) is 4.22. The fraction of sp³-hybridized carbons (Fsp3) is 0.500. The summed E-state index contributed by atoms with van der Waals surface area (Å²) >= 11 is 0. The zero-order valence-corrected chi connectivity index (χ0v) is 9.56. The Kier molecular flexibility index (Phi) is 2.92. The molecule has 0 unspecified atom stereocenters. The van der Waals surface area contributed by atoms with E-state index in [1.807, 2.05) is 6.07 Å². The summed E-state index contributed by atoms with van der Waals surface area (Å²) in [6, 6.07) is 3.54. The monoisotopic (exact) mass is 223 g/mol. The normalized spacial score (nSPS) is 23.7. The van der Waals surface area contributed by atoms with Crippen LogP contribution in [-0.4, -0.2) is 25.4 Å². The van der Waals surface area contributed by atoms with E-state index in [9.17, 15) is 5.11 Å². The van der Waals surface area contributed by atoms with E-state index in [1.54, 1.807) is 20.3 Å². The fourth-order valence-electron chi connectivity index (χ4n) is 2.09. The lowest BCUT2D eigenvalue weighted by Crippen LogP contribution is -2.37. The van der Waals surface area contributed by atoms with Crippen LogP contribution in [0.1, 0.15) is 24.3 Å². The van der Waals surface area contributed by atoms with Crippen LogP contribution < -0.4 is 15.2 Å². The Morgan fingerprint density at radius 1 is 1.19 bits per heavy atom. The van der Waals surface area contributed by atoms with Crippen LogP contribution in [0.4, 0.5) is 0 Å². The van der Waals surface area contributed by atoms with E-state index in [1.165, 1.54) is 0 Å². The number of phenolic OH excluding ortho intramolecular Hbond substituents is 1. The molecule has 0 heterocycles. The molecule has 0 amide bonds. The average molecular weight is 223 g/mol. The van der Waals surface area contributed by atoms with Gasteiger partial charge in [-0.05, 0) is 18.9 Å². The third-order valence-corrected chi connectivity index (χ3v) is 3.26. The van der Waals surface area contributed by atoms with Crippen LogP contribution in [0.2, 0.25) is 0 Å². The molecule has 2 rings (SSSR count). The number of nitrogens with two attached hydrogens (primary N) is 1. The van der Waals surface area contributed by atoms with Crippen LogP contribution in [0.3, 0.4) is 0 Å². The largest absolute Gasteiger partial charge is 0.508 e. The van der Waals surface area contributed by atoms with Gasteiger partial charge in [-0.25, -0.2) is 0 Å². The molecule has 0 spiro atoms. The van der Waals surface area contributed by atoms with E-state index < -0.39 is 0 Å². The molecule has 1 aromatic carbocycles. The minimum Gasteiger partial charge on any atom is -0.508 e. The minimum atomic E-state index is 0.143. The Bertz CT molecular complexity index is 392. The summed E-state index contributed by atoms with van der Waals surface area (Å²) in [4.78, 5) is 0. The lowest BCUT2D eigenvalue weighted by molar-refractivity contribution is 0.324. The van der Waals surface area contributed by atoms with Crippen LogP contribution in [0.5, 0.6) is 17.2 Å². The van der Waals surface area contributed by atoms with Crippen molar-refractivity contribution in [2.75, 3.05) is 14.2 Å². The van der Waals surface area contributed by atoms with Crippen LogP contribution in [0, 0.1) is 0 Å². The summed E-state index contributed by atoms with van der Waals surface area (Å²) in [7, 11) is 3.13. The molecule has 1 aromatic rings. The Balaban J connectivity index is 2.38. The molecule has 4 nitrogen and oxygen atoms in total. The van der Waals surface area contributed by atoms with E-state index in [-0.39, 0.29) is 17.7 Å². The molecular weight excluding hydrogens is 206 g/mol. The highest BCUT2D eigenvalue weighted by Gasteiger charge is 2.31. The molecule has 0 aliphatic heterocycles. The van der Waals surface area contributed by atoms with E-state index in [0.717, 1.165) is 18.4 Å². The van der Waals surface area contributed by atoms with Crippen LogP contribution in [0.25, 0.3) is 0 Å². The Hall–Kier alpha value is -1.42. The molecule has 88 valence electrons. The molecule has 1 fully saturated rings. The SMILES string of the molecule is COc1cc(O)c([C@H]2CC[C@H]2N)cc1OC. The summed E-state index contributed by atoms with van der Waals surface area (Å²) in [5.41, 5.74) is 6.76. The summed E-state index contributed by atoms with van der Waals surface area (Å²) in [5, 5.41) is 9.90. The van der Waals surface area contributed by atoms with Crippen molar-refractivity contribution in [3.63, 3.8) is 0 Å². The van der Waals surface area contributed by atoms with Gasteiger partial charge in [-0.2, -0.15) is 0 Å². The topological polar surface area (TPSA) is 64.7 Å². The van der Waals surface area contributed by atoms with Gasteiger partial charge in [0, 0.05) is 23.6 Å². The molecule has 0 saturated heterocycles. The van der Waals surface area contributed by atoms with Crippen molar-refractivity contribution < 1.29 is 14.6 Å². The lowest BCUT2D eigenvalue weighted by atomic mass is 9.75. The van der Waals surface area contributed by atoms with Gasteiger partial charge in [-0.3, -0.25) is 0 Å². The van der Waals surface area contributed by atoms with Gasteiger partial charge in [0.15, 0.2) is 11.5 Å². The van der Waals surface area contributed by atoms with Crippen LogP contribution >= 0.6 is 0 Å². The quantitative estimate of drug-likeness (QED) is 0.817. The van der Waals surface area contributed by atoms with Crippen molar-refractivity contribution in [3.8, 4) is 17.2 Å². The van der Waals surface area contributed by atoms with Crippen molar-refractivity contribution in [2.24, 2.45) is 5.73 Å². The standard InChI is InChI=1S/C12H17NO3/c1-15-11-5-8(7-3-4-9(7)13)10(14)6-12(11)16-2/h5-7,9,14H,3-4,13H2,1-2H3/t7-,9-/m1/s1. The average Bonchev–Trinajstić information content (AvgIpc) is 2.29. The van der Waals surface area contributed by atoms with Crippen molar-refractivity contribution in [3.05, 3.63) is 17.7 Å². The molecule has 16 heavy (non-hydrogen) atoms. The van der Waals surface area contributed by atoms with Crippen LogP contribution in [-0.2, 0) is 0 Å². The maximum Gasteiger partial charge on any atom is 0.164 e. The van der Waals surface area contributed by atoms with Gasteiger partial charge in [0.1, 0.15) is 5.75 Å². The Labute approximate surface area is 95.0 Å². The second-order valence-corrected chi connectivity index (χ2v) is 4.11. The summed E-state index contributed by atoms with van der Waals surface area (Å²) in [6.45, 7) is 0. The van der Waals surface area contributed by atoms with Crippen molar-refractivity contribution in [1.29, 1.82) is 0 Å². The lowest BCUT2D eigenvalue weighted by Gasteiger charge is -2.34. The van der Waals surface area contributed by atoms with E-state index >= 15 is 0 Å². The highest BCUT2D eigenvalue weighted by atomic mass is 16.5.